The summed E-state index contributed by atoms with van der Waals surface area (Å²) in [5.41, 5.74) is 15.8. The highest BCUT2D eigenvalue weighted by Crippen LogP contribution is 2.32. The molecule has 0 aliphatic heterocycles. The fourth-order valence-electron chi connectivity index (χ4n) is 6.37. The third-order valence-corrected chi connectivity index (χ3v) is 8.93. The van der Waals surface area contributed by atoms with Crippen LogP contribution in [0.15, 0.2) is 194 Å². The van der Waals surface area contributed by atoms with Gasteiger partial charge in [0.2, 0.25) is 0 Å². The van der Waals surface area contributed by atoms with Crippen LogP contribution < -0.4 is 0 Å². The molecule has 0 radical (unpaired) electrons. The Morgan fingerprint density at radius 1 is 0.540 bits per heavy atom. The lowest BCUT2D eigenvalue weighted by atomic mass is 9.92. The summed E-state index contributed by atoms with van der Waals surface area (Å²) in [6.07, 6.45) is 14.8. The van der Waals surface area contributed by atoms with E-state index in [2.05, 4.69) is 202 Å². The van der Waals surface area contributed by atoms with Gasteiger partial charge in [0.1, 0.15) is 0 Å². The number of rotatable bonds is 12. The van der Waals surface area contributed by atoms with Crippen LogP contribution in [0.3, 0.4) is 0 Å². The molecule has 0 N–H and O–H groups in total. The lowest BCUT2D eigenvalue weighted by Crippen LogP contribution is -1.90. The summed E-state index contributed by atoms with van der Waals surface area (Å²) < 4.78 is 0. The van der Waals surface area contributed by atoms with Gasteiger partial charge in [0, 0.05) is 0 Å². The minimum atomic E-state index is 1.05. The first-order valence-corrected chi connectivity index (χ1v) is 17.6. The quantitative estimate of drug-likeness (QED) is 0.0918. The van der Waals surface area contributed by atoms with E-state index < -0.39 is 0 Å². The Balaban J connectivity index is 1.32. The van der Waals surface area contributed by atoms with Crippen molar-refractivity contribution in [2.45, 2.75) is 26.7 Å². The van der Waals surface area contributed by atoms with Gasteiger partial charge in [-0.25, -0.2) is 0 Å². The molecular weight excluding hydrogens is 601 g/mol. The van der Waals surface area contributed by atoms with E-state index >= 15 is 0 Å². The smallest absolute Gasteiger partial charge is 0.0105 e. The Kier molecular flexibility index (Phi) is 11.5. The highest BCUT2D eigenvalue weighted by atomic mass is 14.1. The van der Waals surface area contributed by atoms with Crippen LogP contribution in [0.4, 0.5) is 0 Å². The van der Waals surface area contributed by atoms with Crippen molar-refractivity contribution >= 4 is 23.3 Å². The second-order valence-electron chi connectivity index (χ2n) is 12.5. The summed E-state index contributed by atoms with van der Waals surface area (Å²) in [5.74, 6) is 0. The predicted molar refractivity (Wildman–Crippen MR) is 219 cm³/mol. The van der Waals surface area contributed by atoms with Crippen molar-refractivity contribution in [1.82, 2.24) is 0 Å². The van der Waals surface area contributed by atoms with E-state index in [4.69, 9.17) is 0 Å². The van der Waals surface area contributed by atoms with E-state index in [9.17, 15) is 0 Å². The molecule has 0 fully saturated rings. The van der Waals surface area contributed by atoms with E-state index in [-0.39, 0.29) is 0 Å². The molecule has 6 rings (SSSR count). The molecule has 0 saturated heterocycles. The molecule has 6 aromatic carbocycles. The molecule has 0 spiro atoms. The zero-order valence-corrected chi connectivity index (χ0v) is 29.1. The highest BCUT2D eigenvalue weighted by molar-refractivity contribution is 5.93. The number of allylic oxidation sites excluding steroid dienone is 6. The normalized spacial score (nSPS) is 11.8. The van der Waals surface area contributed by atoms with Crippen LogP contribution in [-0.4, -0.2) is 0 Å². The summed E-state index contributed by atoms with van der Waals surface area (Å²) in [5, 5.41) is 0. The summed E-state index contributed by atoms with van der Waals surface area (Å²) in [7, 11) is 0. The van der Waals surface area contributed by atoms with Crippen LogP contribution in [0, 0.1) is 0 Å². The molecule has 244 valence electrons. The molecule has 0 heteroatoms. The van der Waals surface area contributed by atoms with Gasteiger partial charge in [0.25, 0.3) is 0 Å². The number of benzene rings is 6. The Bertz CT molecular complexity index is 2080. The second-order valence-corrected chi connectivity index (χ2v) is 12.5. The third kappa shape index (κ3) is 8.53. The van der Waals surface area contributed by atoms with E-state index in [0.717, 1.165) is 24.0 Å². The van der Waals surface area contributed by atoms with Crippen LogP contribution in [-0.2, 0) is 6.42 Å². The molecule has 50 heavy (non-hydrogen) atoms. The molecule has 0 saturated carbocycles. The van der Waals surface area contributed by atoms with Crippen LogP contribution in [0.1, 0.15) is 53.6 Å². The number of hydrogen-bond donors (Lipinski definition) is 0. The van der Waals surface area contributed by atoms with Gasteiger partial charge in [0.15, 0.2) is 0 Å². The van der Waals surface area contributed by atoms with Gasteiger partial charge in [-0.05, 0) is 104 Å². The summed E-state index contributed by atoms with van der Waals surface area (Å²) in [4.78, 5) is 0. The minimum Gasteiger partial charge on any atom is -0.0991 e. The van der Waals surface area contributed by atoms with Crippen molar-refractivity contribution in [3.63, 3.8) is 0 Å². The van der Waals surface area contributed by atoms with Crippen molar-refractivity contribution in [2.24, 2.45) is 0 Å². The SMILES string of the molecule is C=C\C=C/C(=C\C)C(=C/c1ccc(-c2cc(CCC)cc(-c3ccc(C=C(c4ccccc4)c4ccccc4)cc3)c2)cc1)/c1ccccc1. The lowest BCUT2D eigenvalue weighted by molar-refractivity contribution is 0.922. The fourth-order valence-corrected chi connectivity index (χ4v) is 6.37. The molecule has 0 aromatic heterocycles. The molecule has 0 aliphatic rings. The standard InChI is InChI=1S/C50H44/c1-4-7-18-41(6-3)49(44-19-11-8-12-20-44)35-38-25-29-42(30-26-38)47-33-40(17-5-2)34-48(37-47)43-31-27-39(28-32-43)36-50(45-21-13-9-14-22-45)46-23-15-10-16-24-46/h4,6-16,18-37H,1,5,17H2,2-3H3/b18-7-,41-6+,49-35-. The van der Waals surface area contributed by atoms with E-state index in [1.165, 1.54) is 61.2 Å². The second kappa shape index (κ2) is 16.9. The molecule has 0 heterocycles. The zero-order chi connectivity index (χ0) is 34.5. The van der Waals surface area contributed by atoms with Crippen LogP contribution >= 0.6 is 0 Å². The van der Waals surface area contributed by atoms with Gasteiger partial charge >= 0.3 is 0 Å². The predicted octanol–water partition coefficient (Wildman–Crippen LogP) is 13.8. The van der Waals surface area contributed by atoms with Crippen LogP contribution in [0.25, 0.3) is 45.6 Å². The highest BCUT2D eigenvalue weighted by Gasteiger charge is 2.09. The number of hydrogen-bond acceptors (Lipinski definition) is 0. The van der Waals surface area contributed by atoms with Crippen molar-refractivity contribution in [1.29, 1.82) is 0 Å². The maximum atomic E-state index is 3.86. The third-order valence-electron chi connectivity index (χ3n) is 8.93. The Morgan fingerprint density at radius 3 is 1.48 bits per heavy atom. The van der Waals surface area contributed by atoms with Crippen molar-refractivity contribution in [3.05, 3.63) is 228 Å². The molecule has 0 aliphatic carbocycles. The first-order chi connectivity index (χ1) is 24.6. The largest absolute Gasteiger partial charge is 0.0991 e. The molecule has 0 amide bonds. The van der Waals surface area contributed by atoms with Crippen LogP contribution in [0.5, 0.6) is 0 Å². The molecule has 0 bridgehead atoms. The maximum absolute atomic E-state index is 3.86. The Morgan fingerprint density at radius 2 is 1.02 bits per heavy atom. The monoisotopic (exact) mass is 644 g/mol. The fraction of sp³-hybridized carbons (Fsp3) is 0.0800. The van der Waals surface area contributed by atoms with Gasteiger partial charge < -0.3 is 0 Å². The van der Waals surface area contributed by atoms with E-state index in [0.29, 0.717) is 0 Å². The van der Waals surface area contributed by atoms with Crippen LogP contribution in [0.2, 0.25) is 0 Å². The zero-order valence-electron chi connectivity index (χ0n) is 29.1. The summed E-state index contributed by atoms with van der Waals surface area (Å²) in [6.45, 7) is 8.20. The van der Waals surface area contributed by atoms with Gasteiger partial charge in [-0.2, -0.15) is 0 Å². The van der Waals surface area contributed by atoms with E-state index in [1.807, 2.05) is 12.2 Å². The van der Waals surface area contributed by atoms with Crippen molar-refractivity contribution in [3.8, 4) is 22.3 Å². The summed E-state index contributed by atoms with van der Waals surface area (Å²) in [6, 6.07) is 56.8. The van der Waals surface area contributed by atoms with Gasteiger partial charge in [-0.3, -0.25) is 0 Å². The molecule has 0 unspecified atom stereocenters. The van der Waals surface area contributed by atoms with Crippen molar-refractivity contribution < 1.29 is 0 Å². The average molecular weight is 645 g/mol. The molecule has 0 atom stereocenters. The van der Waals surface area contributed by atoms with Gasteiger partial charge in [-0.1, -0.05) is 196 Å². The molecular formula is C50H44. The topological polar surface area (TPSA) is 0 Å². The van der Waals surface area contributed by atoms with Crippen molar-refractivity contribution in [2.75, 3.05) is 0 Å². The average Bonchev–Trinajstić information content (AvgIpc) is 3.18. The van der Waals surface area contributed by atoms with Gasteiger partial charge in [0.05, 0.1) is 0 Å². The maximum Gasteiger partial charge on any atom is -0.0105 e. The van der Waals surface area contributed by atoms with Gasteiger partial charge in [-0.15, -0.1) is 0 Å². The van der Waals surface area contributed by atoms with E-state index in [1.54, 1.807) is 0 Å². The Labute approximate surface area is 298 Å². The number of aryl methyl sites for hydroxylation is 1. The first kappa shape index (κ1) is 33.9. The first-order valence-electron chi connectivity index (χ1n) is 17.6. The Hall–Kier alpha value is -5.98. The lowest BCUT2D eigenvalue weighted by Gasteiger charge is -2.12. The summed E-state index contributed by atoms with van der Waals surface area (Å²) >= 11 is 0. The minimum absolute atomic E-state index is 1.05. The molecule has 0 nitrogen and oxygen atoms in total. The molecule has 6 aromatic rings.